The fourth-order valence-electron chi connectivity index (χ4n) is 3.53. The third kappa shape index (κ3) is 4.08. The van der Waals surface area contributed by atoms with E-state index < -0.39 is 0 Å². The summed E-state index contributed by atoms with van der Waals surface area (Å²) in [6.07, 6.45) is 3.69. The highest BCUT2D eigenvalue weighted by molar-refractivity contribution is 5.79. The van der Waals surface area contributed by atoms with Gasteiger partial charge in [-0.1, -0.05) is 18.2 Å². The van der Waals surface area contributed by atoms with Crippen LogP contribution in [0, 0.1) is 19.8 Å². The molecule has 0 aromatic heterocycles. The van der Waals surface area contributed by atoms with Gasteiger partial charge in [-0.25, -0.2) is 4.79 Å². The second kappa shape index (κ2) is 7.24. The summed E-state index contributed by atoms with van der Waals surface area (Å²) < 4.78 is 0. The molecule has 1 saturated heterocycles. The zero-order valence-electron chi connectivity index (χ0n) is 14.6. The number of nitrogens with zero attached hydrogens (tertiary/aromatic N) is 1. The summed E-state index contributed by atoms with van der Waals surface area (Å²) in [7, 11) is 0. The van der Waals surface area contributed by atoms with Gasteiger partial charge in [-0.2, -0.15) is 0 Å². The minimum atomic E-state index is -0.140. The van der Waals surface area contributed by atoms with Crippen LogP contribution in [0.25, 0.3) is 0 Å². The van der Waals surface area contributed by atoms with E-state index in [1.165, 1.54) is 16.7 Å². The first kappa shape index (κ1) is 16.8. The Morgan fingerprint density at radius 1 is 1.21 bits per heavy atom. The highest BCUT2D eigenvalue weighted by Gasteiger charge is 2.39. The lowest BCUT2D eigenvalue weighted by atomic mass is 10.0. The van der Waals surface area contributed by atoms with Crippen molar-refractivity contribution < 1.29 is 9.59 Å². The van der Waals surface area contributed by atoms with Crippen LogP contribution in [0.15, 0.2) is 18.2 Å². The van der Waals surface area contributed by atoms with Gasteiger partial charge in [-0.3, -0.25) is 4.79 Å². The molecule has 0 bridgehead atoms. The van der Waals surface area contributed by atoms with Crippen molar-refractivity contribution in [1.29, 1.82) is 0 Å². The van der Waals surface area contributed by atoms with Crippen LogP contribution in [0.4, 0.5) is 4.79 Å². The maximum Gasteiger partial charge on any atom is 0.314 e. The standard InChI is InChI=1S/C19H27N3O2/c1-13-4-3-5-14(2)17(13)8-9-20-19(24)21-11-15-10-18(23)22(12-15)16-6-7-16/h3-5,15-16H,6-12H2,1-2H3,(H2,20,21,24)/t15-/m0/s1. The van der Waals surface area contributed by atoms with Crippen molar-refractivity contribution >= 4 is 11.9 Å². The molecule has 0 unspecified atom stereocenters. The van der Waals surface area contributed by atoms with E-state index in [1.807, 2.05) is 4.90 Å². The number of rotatable bonds is 6. The average Bonchev–Trinajstić information content (AvgIpc) is 3.31. The van der Waals surface area contributed by atoms with Gasteiger partial charge in [0.15, 0.2) is 0 Å². The molecule has 1 aromatic rings. The zero-order valence-corrected chi connectivity index (χ0v) is 14.6. The molecule has 2 fully saturated rings. The van der Waals surface area contributed by atoms with E-state index in [2.05, 4.69) is 42.7 Å². The van der Waals surface area contributed by atoms with Crippen molar-refractivity contribution in [3.63, 3.8) is 0 Å². The first-order chi connectivity index (χ1) is 11.5. The molecule has 0 radical (unpaired) electrons. The smallest absolute Gasteiger partial charge is 0.314 e. The second-order valence-electron chi connectivity index (χ2n) is 7.10. The Bertz CT molecular complexity index is 605. The molecule has 3 rings (SSSR count). The third-order valence-electron chi connectivity index (χ3n) is 5.08. The van der Waals surface area contributed by atoms with Gasteiger partial charge in [-0.05, 0) is 49.8 Å². The molecule has 1 heterocycles. The van der Waals surface area contributed by atoms with Gasteiger partial charge >= 0.3 is 6.03 Å². The maximum absolute atomic E-state index is 11.9. The summed E-state index contributed by atoms with van der Waals surface area (Å²) in [5.41, 5.74) is 3.84. The average molecular weight is 329 g/mol. The molecule has 3 amide bonds. The highest BCUT2D eigenvalue weighted by Crippen LogP contribution is 2.32. The summed E-state index contributed by atoms with van der Waals surface area (Å²) in [5.74, 6) is 0.502. The summed E-state index contributed by atoms with van der Waals surface area (Å²) >= 11 is 0. The number of nitrogens with one attached hydrogen (secondary N) is 2. The molecule has 5 heteroatoms. The van der Waals surface area contributed by atoms with E-state index in [0.717, 1.165) is 25.8 Å². The summed E-state index contributed by atoms with van der Waals surface area (Å²) in [4.78, 5) is 25.8. The Labute approximate surface area is 143 Å². The molecule has 5 nitrogen and oxygen atoms in total. The Morgan fingerprint density at radius 3 is 2.58 bits per heavy atom. The van der Waals surface area contributed by atoms with Crippen molar-refractivity contribution in [1.82, 2.24) is 15.5 Å². The lowest BCUT2D eigenvalue weighted by Gasteiger charge is -2.16. The molecule has 1 aromatic carbocycles. The van der Waals surface area contributed by atoms with Crippen LogP contribution in [0.3, 0.4) is 0 Å². The van der Waals surface area contributed by atoms with E-state index >= 15 is 0 Å². The maximum atomic E-state index is 11.9. The predicted molar refractivity (Wildman–Crippen MR) is 93.9 cm³/mol. The van der Waals surface area contributed by atoms with Gasteiger partial charge in [0.1, 0.15) is 0 Å². The number of carbonyl (C=O) groups is 2. The number of hydrogen-bond donors (Lipinski definition) is 2. The van der Waals surface area contributed by atoms with Crippen LogP contribution < -0.4 is 10.6 Å². The molecule has 1 atom stereocenters. The number of likely N-dealkylation sites (tertiary alicyclic amines) is 1. The Kier molecular flexibility index (Phi) is 5.07. The quantitative estimate of drug-likeness (QED) is 0.840. The number of amides is 3. The van der Waals surface area contributed by atoms with E-state index in [1.54, 1.807) is 0 Å². The molecule has 24 heavy (non-hydrogen) atoms. The minimum absolute atomic E-state index is 0.140. The van der Waals surface area contributed by atoms with Crippen molar-refractivity contribution in [2.45, 2.75) is 45.6 Å². The SMILES string of the molecule is Cc1cccc(C)c1CCNC(=O)NC[C@@H]1CC(=O)N(C2CC2)C1. The van der Waals surface area contributed by atoms with E-state index in [0.29, 0.717) is 25.6 Å². The van der Waals surface area contributed by atoms with Gasteiger partial charge in [-0.15, -0.1) is 0 Å². The molecular formula is C19H27N3O2. The fourth-order valence-corrected chi connectivity index (χ4v) is 3.53. The highest BCUT2D eigenvalue weighted by atomic mass is 16.2. The second-order valence-corrected chi connectivity index (χ2v) is 7.10. The number of hydrogen-bond acceptors (Lipinski definition) is 2. The van der Waals surface area contributed by atoms with Crippen molar-refractivity contribution in [2.75, 3.05) is 19.6 Å². The first-order valence-electron chi connectivity index (χ1n) is 8.91. The molecule has 1 aliphatic carbocycles. The molecule has 2 N–H and O–H groups in total. The van der Waals surface area contributed by atoms with Crippen LogP contribution in [0.1, 0.15) is 36.0 Å². The van der Waals surface area contributed by atoms with Crippen LogP contribution in [0.2, 0.25) is 0 Å². The number of urea groups is 1. The van der Waals surface area contributed by atoms with Gasteiger partial charge in [0.2, 0.25) is 5.91 Å². The molecule has 1 saturated carbocycles. The fraction of sp³-hybridized carbons (Fsp3) is 0.579. The van der Waals surface area contributed by atoms with E-state index in [9.17, 15) is 9.59 Å². The molecule has 130 valence electrons. The zero-order chi connectivity index (χ0) is 17.1. The topological polar surface area (TPSA) is 61.4 Å². The number of carbonyl (C=O) groups excluding carboxylic acids is 2. The van der Waals surface area contributed by atoms with Crippen molar-refractivity contribution in [3.8, 4) is 0 Å². The molecule has 1 aliphatic heterocycles. The summed E-state index contributed by atoms with van der Waals surface area (Å²) in [5, 5.41) is 5.83. The number of benzene rings is 1. The predicted octanol–water partition coefficient (Wildman–Crippen LogP) is 2.16. The molecule has 2 aliphatic rings. The van der Waals surface area contributed by atoms with Gasteiger partial charge in [0.25, 0.3) is 0 Å². The normalized spacial score (nSPS) is 20.3. The Balaban J connectivity index is 1.36. The third-order valence-corrected chi connectivity index (χ3v) is 5.08. The van der Waals surface area contributed by atoms with Gasteiger partial charge < -0.3 is 15.5 Å². The summed E-state index contributed by atoms with van der Waals surface area (Å²) in [6, 6.07) is 6.60. The summed E-state index contributed by atoms with van der Waals surface area (Å²) in [6.45, 7) is 6.20. The van der Waals surface area contributed by atoms with Crippen molar-refractivity contribution in [2.24, 2.45) is 5.92 Å². The van der Waals surface area contributed by atoms with Crippen LogP contribution in [-0.2, 0) is 11.2 Å². The first-order valence-corrected chi connectivity index (χ1v) is 8.91. The lowest BCUT2D eigenvalue weighted by molar-refractivity contribution is -0.128. The van der Waals surface area contributed by atoms with E-state index in [4.69, 9.17) is 0 Å². The molecular weight excluding hydrogens is 302 g/mol. The largest absolute Gasteiger partial charge is 0.339 e. The van der Waals surface area contributed by atoms with Gasteiger partial charge in [0.05, 0.1) is 0 Å². The number of aryl methyl sites for hydroxylation is 2. The van der Waals surface area contributed by atoms with E-state index in [-0.39, 0.29) is 17.9 Å². The minimum Gasteiger partial charge on any atom is -0.339 e. The lowest BCUT2D eigenvalue weighted by Crippen LogP contribution is -2.39. The molecule has 0 spiro atoms. The van der Waals surface area contributed by atoms with Crippen molar-refractivity contribution in [3.05, 3.63) is 34.9 Å². The Morgan fingerprint density at radius 2 is 1.92 bits per heavy atom. The monoisotopic (exact) mass is 329 g/mol. The van der Waals surface area contributed by atoms with Gasteiger partial charge in [0, 0.05) is 38.0 Å². The van der Waals surface area contributed by atoms with Crippen LogP contribution in [-0.4, -0.2) is 42.5 Å². The van der Waals surface area contributed by atoms with Crippen LogP contribution in [0.5, 0.6) is 0 Å². The van der Waals surface area contributed by atoms with Crippen LogP contribution >= 0.6 is 0 Å². The Hall–Kier alpha value is -2.04.